The Bertz CT molecular complexity index is 629. The van der Waals surface area contributed by atoms with Crippen LogP contribution in [0.4, 0.5) is 11.4 Å². The van der Waals surface area contributed by atoms with E-state index in [4.69, 9.17) is 4.74 Å². The van der Waals surface area contributed by atoms with Crippen LogP contribution in [0.2, 0.25) is 0 Å². The third-order valence-corrected chi connectivity index (χ3v) is 2.84. The van der Waals surface area contributed by atoms with Gasteiger partial charge >= 0.3 is 0 Å². The van der Waals surface area contributed by atoms with Crippen molar-refractivity contribution in [1.82, 2.24) is 4.98 Å². The van der Waals surface area contributed by atoms with Crippen LogP contribution in [0.15, 0.2) is 36.4 Å². The zero-order valence-corrected chi connectivity index (χ0v) is 11.3. The minimum atomic E-state index is -0.413. The Morgan fingerprint density at radius 3 is 2.70 bits per heavy atom. The van der Waals surface area contributed by atoms with Gasteiger partial charge in [0.25, 0.3) is 5.69 Å². The van der Waals surface area contributed by atoms with Gasteiger partial charge in [-0.25, -0.2) is 4.98 Å². The van der Waals surface area contributed by atoms with Gasteiger partial charge in [0.15, 0.2) is 0 Å². The van der Waals surface area contributed by atoms with Crippen molar-refractivity contribution in [2.24, 2.45) is 0 Å². The van der Waals surface area contributed by atoms with Crippen LogP contribution in [0.1, 0.15) is 11.3 Å². The largest absolute Gasteiger partial charge is 0.472 e. The van der Waals surface area contributed by atoms with Crippen LogP contribution < -0.4 is 10.1 Å². The lowest BCUT2D eigenvalue weighted by Gasteiger charge is -2.10. The molecule has 0 aliphatic heterocycles. The summed E-state index contributed by atoms with van der Waals surface area (Å²) in [6.45, 7) is 1.95. The van der Waals surface area contributed by atoms with Crippen molar-refractivity contribution in [3.63, 3.8) is 0 Å². The quantitative estimate of drug-likeness (QED) is 0.669. The molecule has 1 aromatic carbocycles. The van der Waals surface area contributed by atoms with Gasteiger partial charge in [0.1, 0.15) is 6.61 Å². The number of nitrogens with one attached hydrogen (secondary N) is 1. The molecule has 0 unspecified atom stereocenters. The van der Waals surface area contributed by atoms with E-state index in [0.29, 0.717) is 17.1 Å². The fourth-order valence-electron chi connectivity index (χ4n) is 1.88. The van der Waals surface area contributed by atoms with E-state index in [9.17, 15) is 10.1 Å². The number of rotatable bonds is 5. The zero-order chi connectivity index (χ0) is 14.5. The molecule has 0 saturated carbocycles. The first-order chi connectivity index (χ1) is 9.61. The van der Waals surface area contributed by atoms with E-state index in [1.807, 2.05) is 19.1 Å². The maximum absolute atomic E-state index is 11.1. The van der Waals surface area contributed by atoms with Gasteiger partial charge in [0, 0.05) is 30.6 Å². The summed E-state index contributed by atoms with van der Waals surface area (Å²) in [7, 11) is 1.72. The van der Waals surface area contributed by atoms with Gasteiger partial charge in [-0.1, -0.05) is 12.1 Å². The summed E-state index contributed by atoms with van der Waals surface area (Å²) in [5.74, 6) is 0.449. The van der Waals surface area contributed by atoms with Crippen molar-refractivity contribution in [3.8, 4) is 5.88 Å². The topological polar surface area (TPSA) is 77.3 Å². The number of hydrogen-bond donors (Lipinski definition) is 1. The van der Waals surface area contributed by atoms with E-state index in [0.717, 1.165) is 5.69 Å². The number of nitrogens with zero attached hydrogens (tertiary/aromatic N) is 2. The molecule has 1 heterocycles. The van der Waals surface area contributed by atoms with Crippen molar-refractivity contribution >= 4 is 11.4 Å². The highest BCUT2D eigenvalue weighted by Crippen LogP contribution is 2.27. The van der Waals surface area contributed by atoms with Gasteiger partial charge in [-0.3, -0.25) is 10.1 Å². The van der Waals surface area contributed by atoms with Crippen LogP contribution in [-0.2, 0) is 6.61 Å². The van der Waals surface area contributed by atoms with Crippen molar-refractivity contribution < 1.29 is 9.66 Å². The molecule has 0 aliphatic rings. The Hall–Kier alpha value is -2.63. The average Bonchev–Trinajstić information content (AvgIpc) is 2.44. The molecule has 0 fully saturated rings. The van der Waals surface area contributed by atoms with E-state index in [2.05, 4.69) is 10.3 Å². The second-order valence-corrected chi connectivity index (χ2v) is 4.22. The van der Waals surface area contributed by atoms with Gasteiger partial charge in [-0.2, -0.15) is 0 Å². The molecule has 20 heavy (non-hydrogen) atoms. The van der Waals surface area contributed by atoms with Gasteiger partial charge in [-0.05, 0) is 19.1 Å². The smallest absolute Gasteiger partial charge is 0.278 e. The van der Waals surface area contributed by atoms with Crippen LogP contribution in [0, 0.1) is 17.0 Å². The van der Waals surface area contributed by atoms with Gasteiger partial charge in [0.2, 0.25) is 5.88 Å². The lowest BCUT2D eigenvalue weighted by Crippen LogP contribution is -2.05. The number of nitro benzene ring substituents is 1. The van der Waals surface area contributed by atoms with Crippen molar-refractivity contribution in [1.29, 1.82) is 0 Å². The summed E-state index contributed by atoms with van der Waals surface area (Å²) in [6, 6.07) is 10.3. The first-order valence-electron chi connectivity index (χ1n) is 6.12. The number of aromatic nitrogens is 1. The Kier molecular flexibility index (Phi) is 4.14. The fraction of sp³-hybridized carbons (Fsp3) is 0.214. The summed E-state index contributed by atoms with van der Waals surface area (Å²) in [5.41, 5.74) is 2.04. The number of ether oxygens (including phenoxy) is 1. The van der Waals surface area contributed by atoms with Crippen molar-refractivity contribution in [2.45, 2.75) is 13.5 Å². The van der Waals surface area contributed by atoms with Crippen LogP contribution >= 0.6 is 0 Å². The molecule has 0 saturated heterocycles. The Morgan fingerprint density at radius 1 is 1.30 bits per heavy atom. The number of aryl methyl sites for hydroxylation is 1. The summed E-state index contributed by atoms with van der Waals surface area (Å²) in [5, 5.41) is 14.0. The summed E-state index contributed by atoms with van der Waals surface area (Å²) in [6.07, 6.45) is 0. The predicted molar refractivity (Wildman–Crippen MR) is 75.9 cm³/mol. The number of benzene rings is 1. The minimum Gasteiger partial charge on any atom is -0.472 e. The van der Waals surface area contributed by atoms with Crippen LogP contribution in [0.25, 0.3) is 0 Å². The highest BCUT2D eigenvalue weighted by Gasteiger charge is 2.17. The second-order valence-electron chi connectivity index (χ2n) is 4.22. The first kappa shape index (κ1) is 13.8. The number of hydrogen-bond acceptors (Lipinski definition) is 5. The van der Waals surface area contributed by atoms with E-state index >= 15 is 0 Å². The first-order valence-corrected chi connectivity index (χ1v) is 6.12. The lowest BCUT2D eigenvalue weighted by molar-refractivity contribution is -0.385. The Balaban J connectivity index is 2.26. The number of pyridine rings is 1. The monoisotopic (exact) mass is 273 g/mol. The molecule has 0 aliphatic carbocycles. The van der Waals surface area contributed by atoms with E-state index < -0.39 is 4.92 Å². The third kappa shape index (κ3) is 3.03. The predicted octanol–water partition coefficient (Wildman–Crippen LogP) is 2.92. The molecular formula is C14H15N3O3. The SMILES string of the molecule is CNc1cccc([N+](=O)[O-])c1COc1cccc(C)n1. The summed E-state index contributed by atoms with van der Waals surface area (Å²) in [4.78, 5) is 14.9. The third-order valence-electron chi connectivity index (χ3n) is 2.84. The number of anilines is 1. The molecule has 0 spiro atoms. The molecule has 0 atom stereocenters. The molecule has 0 radical (unpaired) electrons. The molecule has 1 N–H and O–H groups in total. The highest BCUT2D eigenvalue weighted by molar-refractivity contribution is 5.60. The van der Waals surface area contributed by atoms with E-state index in [1.54, 1.807) is 25.2 Å². The van der Waals surface area contributed by atoms with Gasteiger partial charge in [-0.15, -0.1) is 0 Å². The Morgan fingerprint density at radius 2 is 2.05 bits per heavy atom. The molecule has 2 rings (SSSR count). The molecule has 0 amide bonds. The van der Waals surface area contributed by atoms with Crippen LogP contribution in [0.5, 0.6) is 5.88 Å². The Labute approximate surface area is 116 Å². The van der Waals surface area contributed by atoms with Crippen LogP contribution in [0.3, 0.4) is 0 Å². The van der Waals surface area contributed by atoms with Crippen LogP contribution in [-0.4, -0.2) is 17.0 Å². The van der Waals surface area contributed by atoms with Gasteiger partial charge < -0.3 is 10.1 Å². The lowest BCUT2D eigenvalue weighted by atomic mass is 10.1. The number of nitro groups is 1. The molecule has 1 aromatic heterocycles. The van der Waals surface area contributed by atoms with Crippen molar-refractivity contribution in [2.75, 3.05) is 12.4 Å². The maximum atomic E-state index is 11.1. The molecular weight excluding hydrogens is 258 g/mol. The van der Waals surface area contributed by atoms with Gasteiger partial charge in [0.05, 0.1) is 10.5 Å². The van der Waals surface area contributed by atoms with E-state index in [-0.39, 0.29) is 12.3 Å². The van der Waals surface area contributed by atoms with E-state index in [1.165, 1.54) is 6.07 Å². The summed E-state index contributed by atoms with van der Waals surface area (Å²) < 4.78 is 5.55. The van der Waals surface area contributed by atoms with Crippen molar-refractivity contribution in [3.05, 3.63) is 57.8 Å². The average molecular weight is 273 g/mol. The normalized spacial score (nSPS) is 10.1. The highest BCUT2D eigenvalue weighted by atomic mass is 16.6. The zero-order valence-electron chi connectivity index (χ0n) is 11.3. The molecule has 6 nitrogen and oxygen atoms in total. The molecule has 2 aromatic rings. The standard InChI is InChI=1S/C14H15N3O3/c1-10-5-3-8-14(16-10)20-9-11-12(15-2)6-4-7-13(11)17(18)19/h3-8,15H,9H2,1-2H3. The summed E-state index contributed by atoms with van der Waals surface area (Å²) >= 11 is 0. The minimum absolute atomic E-state index is 0.0319. The maximum Gasteiger partial charge on any atom is 0.278 e. The second kappa shape index (κ2) is 6.01. The molecule has 104 valence electrons. The fourth-order valence-corrected chi connectivity index (χ4v) is 1.88. The molecule has 0 bridgehead atoms. The molecule has 6 heteroatoms.